The lowest BCUT2D eigenvalue weighted by molar-refractivity contribution is -0.119. The monoisotopic (exact) mass is 358 g/mol. The third-order valence-corrected chi connectivity index (χ3v) is 6.20. The highest BCUT2D eigenvalue weighted by atomic mass is 16.5. The molecular formula is C21H30N2O3. The lowest BCUT2D eigenvalue weighted by atomic mass is 9.80. The number of nitrogens with zero attached hydrogens (tertiary/aromatic N) is 1. The summed E-state index contributed by atoms with van der Waals surface area (Å²) >= 11 is 0. The van der Waals surface area contributed by atoms with Crippen molar-refractivity contribution in [1.82, 2.24) is 4.90 Å². The topological polar surface area (TPSA) is 50.8 Å². The van der Waals surface area contributed by atoms with Crippen LogP contribution in [0.2, 0.25) is 0 Å². The van der Waals surface area contributed by atoms with E-state index in [1.165, 1.54) is 5.56 Å². The minimum atomic E-state index is 0.119. The second-order valence-corrected chi connectivity index (χ2v) is 8.29. The van der Waals surface area contributed by atoms with Gasteiger partial charge >= 0.3 is 0 Å². The Morgan fingerprint density at radius 2 is 2.04 bits per heavy atom. The smallest absolute Gasteiger partial charge is 0.224 e. The normalized spacial score (nSPS) is 27.7. The SMILES string of the molecule is CC(C)c1ccc2c(c1)NC(=O)C[C@@H]1CCN(C3COC3)C[C@@H]1CCO2. The van der Waals surface area contributed by atoms with Crippen molar-refractivity contribution in [1.29, 1.82) is 0 Å². The Morgan fingerprint density at radius 3 is 2.77 bits per heavy atom. The summed E-state index contributed by atoms with van der Waals surface area (Å²) in [4.78, 5) is 15.2. The number of ether oxygens (including phenoxy) is 2. The van der Waals surface area contributed by atoms with E-state index in [4.69, 9.17) is 9.47 Å². The minimum absolute atomic E-state index is 0.119. The molecule has 2 saturated heterocycles. The van der Waals surface area contributed by atoms with Gasteiger partial charge in [-0.15, -0.1) is 0 Å². The highest BCUT2D eigenvalue weighted by Gasteiger charge is 2.36. The van der Waals surface area contributed by atoms with Crippen molar-refractivity contribution in [2.24, 2.45) is 11.8 Å². The molecule has 3 aliphatic heterocycles. The van der Waals surface area contributed by atoms with Crippen LogP contribution in [-0.4, -0.2) is 49.8 Å². The van der Waals surface area contributed by atoms with Gasteiger partial charge in [0.1, 0.15) is 5.75 Å². The highest BCUT2D eigenvalue weighted by molar-refractivity contribution is 5.92. The molecule has 2 fully saturated rings. The maximum absolute atomic E-state index is 12.7. The third-order valence-electron chi connectivity index (χ3n) is 6.20. The molecule has 1 aromatic carbocycles. The average molecular weight is 358 g/mol. The number of benzene rings is 1. The summed E-state index contributed by atoms with van der Waals surface area (Å²) in [6, 6.07) is 6.75. The molecule has 4 rings (SSSR count). The molecule has 142 valence electrons. The van der Waals surface area contributed by atoms with Crippen molar-refractivity contribution in [3.63, 3.8) is 0 Å². The Bertz CT molecular complexity index is 657. The van der Waals surface area contributed by atoms with Crippen LogP contribution in [0.5, 0.6) is 5.75 Å². The van der Waals surface area contributed by atoms with Crippen LogP contribution in [0.25, 0.3) is 0 Å². The second kappa shape index (κ2) is 7.57. The van der Waals surface area contributed by atoms with Crippen molar-refractivity contribution in [2.75, 3.05) is 38.2 Å². The number of anilines is 1. The third kappa shape index (κ3) is 3.74. The lowest BCUT2D eigenvalue weighted by Gasteiger charge is -2.45. The number of fused-ring (bicyclic) bond motifs is 2. The van der Waals surface area contributed by atoms with Gasteiger partial charge in [-0.2, -0.15) is 0 Å². The largest absolute Gasteiger partial charge is 0.491 e. The van der Waals surface area contributed by atoms with E-state index in [2.05, 4.69) is 36.2 Å². The van der Waals surface area contributed by atoms with Gasteiger partial charge < -0.3 is 14.8 Å². The Hall–Kier alpha value is -1.59. The summed E-state index contributed by atoms with van der Waals surface area (Å²) in [6.07, 6.45) is 2.71. The van der Waals surface area contributed by atoms with E-state index in [0.717, 1.165) is 50.6 Å². The fourth-order valence-electron chi connectivity index (χ4n) is 4.36. The molecule has 0 saturated carbocycles. The molecular weight excluding hydrogens is 328 g/mol. The Balaban J connectivity index is 1.49. The van der Waals surface area contributed by atoms with Crippen LogP contribution < -0.4 is 10.1 Å². The first-order valence-electron chi connectivity index (χ1n) is 9.98. The van der Waals surface area contributed by atoms with Crippen LogP contribution in [0.15, 0.2) is 18.2 Å². The van der Waals surface area contributed by atoms with Gasteiger partial charge in [0.15, 0.2) is 0 Å². The van der Waals surface area contributed by atoms with Gasteiger partial charge in [-0.3, -0.25) is 9.69 Å². The second-order valence-electron chi connectivity index (χ2n) is 8.29. The van der Waals surface area contributed by atoms with Crippen LogP contribution in [0.4, 0.5) is 5.69 Å². The molecule has 5 heteroatoms. The Kier molecular flexibility index (Phi) is 5.18. The van der Waals surface area contributed by atoms with Crippen LogP contribution in [0.1, 0.15) is 44.6 Å². The van der Waals surface area contributed by atoms with Gasteiger partial charge in [0.2, 0.25) is 5.91 Å². The van der Waals surface area contributed by atoms with Crippen LogP contribution in [-0.2, 0) is 9.53 Å². The fourth-order valence-corrected chi connectivity index (χ4v) is 4.36. The molecule has 3 aliphatic rings. The molecule has 0 spiro atoms. The predicted octanol–water partition coefficient (Wildman–Crippen LogP) is 3.26. The molecule has 0 unspecified atom stereocenters. The van der Waals surface area contributed by atoms with Gasteiger partial charge in [0.05, 0.1) is 31.5 Å². The molecule has 2 atom stereocenters. The first-order valence-corrected chi connectivity index (χ1v) is 9.98. The van der Waals surface area contributed by atoms with Crippen LogP contribution >= 0.6 is 0 Å². The molecule has 5 nitrogen and oxygen atoms in total. The van der Waals surface area contributed by atoms with Crippen molar-refractivity contribution >= 4 is 11.6 Å². The van der Waals surface area contributed by atoms with E-state index in [-0.39, 0.29) is 5.91 Å². The predicted molar refractivity (Wildman–Crippen MR) is 102 cm³/mol. The summed E-state index contributed by atoms with van der Waals surface area (Å²) in [6.45, 7) is 8.90. The number of carbonyl (C=O) groups is 1. The van der Waals surface area contributed by atoms with E-state index in [1.807, 2.05) is 6.07 Å². The maximum Gasteiger partial charge on any atom is 0.224 e. The van der Waals surface area contributed by atoms with Crippen molar-refractivity contribution in [3.8, 4) is 5.75 Å². The van der Waals surface area contributed by atoms with Gasteiger partial charge in [-0.05, 0) is 54.8 Å². The van der Waals surface area contributed by atoms with Gasteiger partial charge in [0.25, 0.3) is 0 Å². The quantitative estimate of drug-likeness (QED) is 0.882. The zero-order chi connectivity index (χ0) is 18.1. The molecule has 0 aliphatic carbocycles. The van der Waals surface area contributed by atoms with Crippen LogP contribution in [0.3, 0.4) is 0 Å². The minimum Gasteiger partial charge on any atom is -0.491 e. The fraction of sp³-hybridized carbons (Fsp3) is 0.667. The van der Waals surface area contributed by atoms with E-state index < -0.39 is 0 Å². The maximum atomic E-state index is 12.7. The van der Waals surface area contributed by atoms with Crippen LogP contribution in [0, 0.1) is 11.8 Å². The summed E-state index contributed by atoms with van der Waals surface area (Å²) in [5.74, 6) is 2.31. The first kappa shape index (κ1) is 17.8. The highest BCUT2D eigenvalue weighted by Crippen LogP contribution is 2.35. The Morgan fingerprint density at radius 1 is 1.19 bits per heavy atom. The zero-order valence-corrected chi connectivity index (χ0v) is 15.9. The number of carbonyl (C=O) groups excluding carboxylic acids is 1. The summed E-state index contributed by atoms with van der Waals surface area (Å²) in [7, 11) is 0. The Labute approximate surface area is 156 Å². The number of hydrogen-bond acceptors (Lipinski definition) is 4. The number of likely N-dealkylation sites (tertiary alicyclic amines) is 1. The van der Waals surface area contributed by atoms with E-state index >= 15 is 0 Å². The number of piperidine rings is 1. The van der Waals surface area contributed by atoms with Crippen molar-refractivity contribution in [2.45, 2.75) is 45.1 Å². The number of nitrogens with one attached hydrogen (secondary N) is 1. The number of amides is 1. The van der Waals surface area contributed by atoms with Crippen molar-refractivity contribution < 1.29 is 14.3 Å². The van der Waals surface area contributed by atoms with Gasteiger partial charge in [-0.25, -0.2) is 0 Å². The lowest BCUT2D eigenvalue weighted by Crippen LogP contribution is -2.54. The molecule has 0 bridgehead atoms. The molecule has 1 amide bonds. The first-order chi connectivity index (χ1) is 12.6. The number of hydrogen-bond donors (Lipinski definition) is 1. The summed E-state index contributed by atoms with van der Waals surface area (Å²) in [5.41, 5.74) is 2.04. The van der Waals surface area contributed by atoms with Crippen molar-refractivity contribution in [3.05, 3.63) is 23.8 Å². The van der Waals surface area contributed by atoms with E-state index in [1.54, 1.807) is 0 Å². The molecule has 0 aromatic heterocycles. The van der Waals surface area contributed by atoms with E-state index in [0.29, 0.717) is 36.8 Å². The summed E-state index contributed by atoms with van der Waals surface area (Å²) in [5, 5.41) is 3.12. The van der Waals surface area contributed by atoms with E-state index in [9.17, 15) is 4.79 Å². The molecule has 0 radical (unpaired) electrons. The standard InChI is InChI=1S/C21H30N2O3/c1-14(2)15-3-4-20-19(9-15)22-21(24)10-16-5-7-23(18-12-25-13-18)11-17(16)6-8-26-20/h3-4,9,14,16-18H,5-8,10-13H2,1-2H3,(H,22,24)/t16-,17-/m0/s1. The average Bonchev–Trinajstić information content (AvgIpc) is 2.56. The van der Waals surface area contributed by atoms with Gasteiger partial charge in [0, 0.05) is 13.0 Å². The summed E-state index contributed by atoms with van der Waals surface area (Å²) < 4.78 is 11.4. The molecule has 3 heterocycles. The van der Waals surface area contributed by atoms with Gasteiger partial charge in [-0.1, -0.05) is 19.9 Å². The zero-order valence-electron chi connectivity index (χ0n) is 15.9. The number of rotatable bonds is 2. The molecule has 26 heavy (non-hydrogen) atoms. The molecule has 1 N–H and O–H groups in total. The molecule has 1 aromatic rings.